The molecule has 0 saturated heterocycles. The third-order valence-corrected chi connectivity index (χ3v) is 2.94. The number of aliphatic carboxylic acids is 1. The van der Waals surface area contributed by atoms with Gasteiger partial charge in [-0.3, -0.25) is 4.79 Å². The Morgan fingerprint density at radius 2 is 1.53 bits per heavy atom. The summed E-state index contributed by atoms with van der Waals surface area (Å²) in [5, 5.41) is 18.2. The molecule has 0 aliphatic rings. The summed E-state index contributed by atoms with van der Waals surface area (Å²) in [5.41, 5.74) is 3.19. The van der Waals surface area contributed by atoms with E-state index in [1.54, 1.807) is 0 Å². The van der Waals surface area contributed by atoms with E-state index >= 15 is 0 Å². The van der Waals surface area contributed by atoms with Crippen LogP contribution in [0.25, 0.3) is 11.1 Å². The number of carboxylic acids is 1. The maximum absolute atomic E-state index is 10.5. The highest BCUT2D eigenvalue weighted by Gasteiger charge is 2.10. The molecule has 0 amide bonds. The van der Waals surface area contributed by atoms with Crippen LogP contribution in [0.5, 0.6) is 0 Å². The van der Waals surface area contributed by atoms with Crippen molar-refractivity contribution >= 4 is 5.97 Å². The van der Waals surface area contributed by atoms with Gasteiger partial charge in [-0.25, -0.2) is 0 Å². The molecule has 3 nitrogen and oxygen atoms in total. The summed E-state index contributed by atoms with van der Waals surface area (Å²) in [6.07, 6.45) is -0.693. The SMILES string of the molecule is O=C(O)C[C@H](O)Cc1ccc(-c2ccccc2)cc1. The Balaban J connectivity index is 2.05. The monoisotopic (exact) mass is 256 g/mol. The highest BCUT2D eigenvalue weighted by atomic mass is 16.4. The highest BCUT2D eigenvalue weighted by Crippen LogP contribution is 2.19. The lowest BCUT2D eigenvalue weighted by Gasteiger charge is -2.08. The number of hydrogen-bond donors (Lipinski definition) is 2. The predicted molar refractivity (Wildman–Crippen MR) is 73.8 cm³/mol. The van der Waals surface area contributed by atoms with Crippen molar-refractivity contribution < 1.29 is 15.0 Å². The van der Waals surface area contributed by atoms with Gasteiger partial charge in [-0.15, -0.1) is 0 Å². The second-order valence-corrected chi connectivity index (χ2v) is 4.52. The van der Waals surface area contributed by atoms with E-state index < -0.39 is 12.1 Å². The largest absolute Gasteiger partial charge is 0.481 e. The number of hydrogen-bond acceptors (Lipinski definition) is 2. The fourth-order valence-electron chi connectivity index (χ4n) is 2.01. The zero-order valence-corrected chi connectivity index (χ0v) is 10.5. The van der Waals surface area contributed by atoms with Crippen LogP contribution in [0.4, 0.5) is 0 Å². The first-order valence-electron chi connectivity index (χ1n) is 6.19. The van der Waals surface area contributed by atoms with Gasteiger partial charge in [0.25, 0.3) is 0 Å². The van der Waals surface area contributed by atoms with Gasteiger partial charge in [-0.2, -0.15) is 0 Å². The predicted octanol–water partition coefficient (Wildman–Crippen LogP) is 2.73. The number of aliphatic hydroxyl groups is 1. The topological polar surface area (TPSA) is 57.5 Å². The van der Waals surface area contributed by atoms with E-state index in [0.29, 0.717) is 6.42 Å². The molecule has 2 aromatic carbocycles. The Kier molecular flexibility index (Phi) is 4.31. The quantitative estimate of drug-likeness (QED) is 0.864. The van der Waals surface area contributed by atoms with Crippen LogP contribution >= 0.6 is 0 Å². The third kappa shape index (κ3) is 3.93. The van der Waals surface area contributed by atoms with E-state index in [1.807, 2.05) is 54.6 Å². The van der Waals surface area contributed by atoms with Crippen molar-refractivity contribution in [2.75, 3.05) is 0 Å². The van der Waals surface area contributed by atoms with Crippen molar-refractivity contribution in [2.24, 2.45) is 0 Å². The van der Waals surface area contributed by atoms with Gasteiger partial charge >= 0.3 is 5.97 Å². The molecule has 19 heavy (non-hydrogen) atoms. The minimum Gasteiger partial charge on any atom is -0.481 e. The van der Waals surface area contributed by atoms with Crippen molar-refractivity contribution in [3.63, 3.8) is 0 Å². The fourth-order valence-corrected chi connectivity index (χ4v) is 2.01. The van der Waals surface area contributed by atoms with Gasteiger partial charge in [0.1, 0.15) is 0 Å². The number of carboxylic acid groups (broad SMARTS) is 1. The molecule has 98 valence electrons. The average molecular weight is 256 g/mol. The molecule has 2 rings (SSSR count). The Hall–Kier alpha value is -2.13. The van der Waals surface area contributed by atoms with Gasteiger partial charge in [0.2, 0.25) is 0 Å². The first-order valence-corrected chi connectivity index (χ1v) is 6.19. The minimum absolute atomic E-state index is 0.222. The summed E-state index contributed by atoms with van der Waals surface area (Å²) in [7, 11) is 0. The van der Waals surface area contributed by atoms with E-state index in [9.17, 15) is 9.90 Å². The molecule has 0 aliphatic heterocycles. The smallest absolute Gasteiger partial charge is 0.305 e. The van der Waals surface area contributed by atoms with Crippen LogP contribution in [0, 0.1) is 0 Å². The number of carbonyl (C=O) groups is 1. The number of benzene rings is 2. The normalized spacial score (nSPS) is 12.1. The molecule has 2 N–H and O–H groups in total. The summed E-state index contributed by atoms with van der Waals surface area (Å²) in [4.78, 5) is 10.5. The number of rotatable bonds is 5. The van der Waals surface area contributed by atoms with E-state index in [1.165, 1.54) is 0 Å². The molecule has 0 aromatic heterocycles. The van der Waals surface area contributed by atoms with E-state index in [4.69, 9.17) is 5.11 Å². The molecule has 1 atom stereocenters. The van der Waals surface area contributed by atoms with Crippen LogP contribution in [0.2, 0.25) is 0 Å². The summed E-state index contributed by atoms with van der Waals surface area (Å²) < 4.78 is 0. The summed E-state index contributed by atoms with van der Waals surface area (Å²) in [5.74, 6) is -0.978. The van der Waals surface area contributed by atoms with E-state index in [2.05, 4.69) is 0 Å². The molecule has 0 fully saturated rings. The van der Waals surface area contributed by atoms with Crippen LogP contribution in [0.15, 0.2) is 54.6 Å². The fraction of sp³-hybridized carbons (Fsp3) is 0.188. The Labute approximate surface area is 112 Å². The summed E-state index contributed by atoms with van der Waals surface area (Å²) in [6, 6.07) is 17.8. The zero-order valence-electron chi connectivity index (χ0n) is 10.5. The zero-order chi connectivity index (χ0) is 13.7. The molecular weight excluding hydrogens is 240 g/mol. The van der Waals surface area contributed by atoms with Crippen LogP contribution in [-0.2, 0) is 11.2 Å². The van der Waals surface area contributed by atoms with Crippen LogP contribution in [0.3, 0.4) is 0 Å². The van der Waals surface area contributed by atoms with Crippen molar-refractivity contribution in [1.29, 1.82) is 0 Å². The first-order chi connectivity index (χ1) is 9.15. The maximum Gasteiger partial charge on any atom is 0.305 e. The van der Waals surface area contributed by atoms with Crippen molar-refractivity contribution in [3.05, 3.63) is 60.2 Å². The second-order valence-electron chi connectivity index (χ2n) is 4.52. The van der Waals surface area contributed by atoms with Gasteiger partial charge in [-0.05, 0) is 23.1 Å². The van der Waals surface area contributed by atoms with E-state index in [-0.39, 0.29) is 6.42 Å². The Morgan fingerprint density at radius 3 is 2.11 bits per heavy atom. The Bertz CT molecular complexity index is 532. The van der Waals surface area contributed by atoms with Crippen molar-refractivity contribution in [1.82, 2.24) is 0 Å². The van der Waals surface area contributed by atoms with Gasteiger partial charge in [0, 0.05) is 0 Å². The van der Waals surface area contributed by atoms with Gasteiger partial charge in [0.15, 0.2) is 0 Å². The molecule has 0 unspecified atom stereocenters. The molecule has 0 radical (unpaired) electrons. The van der Waals surface area contributed by atoms with Crippen LogP contribution in [0.1, 0.15) is 12.0 Å². The number of aliphatic hydroxyl groups excluding tert-OH is 1. The van der Waals surface area contributed by atoms with Gasteiger partial charge in [-0.1, -0.05) is 54.6 Å². The molecule has 0 spiro atoms. The lowest BCUT2D eigenvalue weighted by atomic mass is 10.0. The lowest BCUT2D eigenvalue weighted by molar-refractivity contribution is -0.139. The molecular formula is C16H16O3. The molecule has 0 aliphatic carbocycles. The first kappa shape index (κ1) is 13.3. The molecule has 0 saturated carbocycles. The lowest BCUT2D eigenvalue weighted by Crippen LogP contribution is -2.15. The standard InChI is InChI=1S/C16H16O3/c17-15(11-16(18)19)10-12-6-8-14(9-7-12)13-4-2-1-3-5-13/h1-9,15,17H,10-11H2,(H,18,19)/t15-/m1/s1. The Morgan fingerprint density at radius 1 is 0.947 bits per heavy atom. The van der Waals surface area contributed by atoms with Gasteiger partial charge < -0.3 is 10.2 Å². The molecule has 3 heteroatoms. The highest BCUT2D eigenvalue weighted by molar-refractivity contribution is 5.67. The molecule has 0 bridgehead atoms. The molecule has 0 heterocycles. The van der Waals surface area contributed by atoms with Crippen LogP contribution < -0.4 is 0 Å². The van der Waals surface area contributed by atoms with Crippen molar-refractivity contribution in [3.8, 4) is 11.1 Å². The summed E-state index contributed by atoms with van der Waals surface area (Å²) in [6.45, 7) is 0. The minimum atomic E-state index is -0.978. The third-order valence-electron chi connectivity index (χ3n) is 2.94. The average Bonchev–Trinajstić information content (AvgIpc) is 2.39. The summed E-state index contributed by atoms with van der Waals surface area (Å²) >= 11 is 0. The molecule has 2 aromatic rings. The van der Waals surface area contributed by atoms with Crippen molar-refractivity contribution in [2.45, 2.75) is 18.9 Å². The second kappa shape index (κ2) is 6.16. The van der Waals surface area contributed by atoms with Gasteiger partial charge in [0.05, 0.1) is 12.5 Å². The van der Waals surface area contributed by atoms with Crippen LogP contribution in [-0.4, -0.2) is 22.3 Å². The maximum atomic E-state index is 10.5. The van der Waals surface area contributed by atoms with E-state index in [0.717, 1.165) is 16.7 Å².